The maximum absolute atomic E-state index is 12.4. The molecule has 2 aromatic rings. The van der Waals surface area contributed by atoms with Crippen LogP contribution in [0.1, 0.15) is 17.4 Å². The van der Waals surface area contributed by atoms with Crippen LogP contribution in [0.3, 0.4) is 0 Å². The number of carbonyl (C=O) groups is 2. The Kier molecular flexibility index (Phi) is 7.47. The predicted molar refractivity (Wildman–Crippen MR) is 117 cm³/mol. The number of piperazine rings is 1. The Morgan fingerprint density at radius 1 is 1.18 bits per heavy atom. The molecule has 8 heteroatoms. The fourth-order valence-corrected chi connectivity index (χ4v) is 4.56. The second-order valence-corrected chi connectivity index (χ2v) is 8.62. The number of urea groups is 1. The lowest BCUT2D eigenvalue weighted by molar-refractivity contribution is -0.117. The number of hydrogen-bond acceptors (Lipinski definition) is 4. The fourth-order valence-electron chi connectivity index (χ4n) is 3.17. The Morgan fingerprint density at radius 2 is 1.93 bits per heavy atom. The van der Waals surface area contributed by atoms with Crippen LogP contribution in [0.25, 0.3) is 0 Å². The summed E-state index contributed by atoms with van der Waals surface area (Å²) in [6, 6.07) is 9.84. The molecule has 1 aliphatic heterocycles. The molecule has 3 rings (SSSR count). The molecule has 0 atom stereocenters. The SMILES string of the molecule is CCc1ccccc1NC(=O)CN1CCN(C(=O)NCc2cc(Br)cs2)CC1. The highest BCUT2D eigenvalue weighted by Gasteiger charge is 2.22. The molecule has 0 saturated carbocycles. The molecule has 1 fully saturated rings. The highest BCUT2D eigenvalue weighted by atomic mass is 79.9. The monoisotopic (exact) mass is 464 g/mol. The van der Waals surface area contributed by atoms with E-state index < -0.39 is 0 Å². The Balaban J connectivity index is 1.41. The average Bonchev–Trinajstić information content (AvgIpc) is 3.12. The molecule has 2 N–H and O–H groups in total. The molecule has 2 heterocycles. The summed E-state index contributed by atoms with van der Waals surface area (Å²) in [5, 5.41) is 7.97. The molecule has 3 amide bonds. The van der Waals surface area contributed by atoms with Crippen molar-refractivity contribution in [1.82, 2.24) is 15.1 Å². The van der Waals surface area contributed by atoms with E-state index in [1.165, 1.54) is 0 Å². The smallest absolute Gasteiger partial charge is 0.317 e. The fraction of sp³-hybridized carbons (Fsp3) is 0.400. The zero-order chi connectivity index (χ0) is 19.9. The minimum absolute atomic E-state index is 0.0120. The molecule has 1 saturated heterocycles. The summed E-state index contributed by atoms with van der Waals surface area (Å²) in [6.45, 7) is 5.59. The van der Waals surface area contributed by atoms with E-state index in [9.17, 15) is 9.59 Å². The number of halogens is 1. The number of carbonyl (C=O) groups excluding carboxylic acids is 2. The van der Waals surface area contributed by atoms with E-state index >= 15 is 0 Å². The summed E-state index contributed by atoms with van der Waals surface area (Å²) in [4.78, 5) is 29.7. The molecule has 0 aliphatic carbocycles. The van der Waals surface area contributed by atoms with Gasteiger partial charge in [0.05, 0.1) is 13.1 Å². The van der Waals surface area contributed by atoms with Crippen molar-refractivity contribution in [2.75, 3.05) is 38.0 Å². The van der Waals surface area contributed by atoms with Gasteiger partial charge in [-0.15, -0.1) is 11.3 Å². The Hall–Kier alpha value is -1.90. The van der Waals surface area contributed by atoms with Crippen LogP contribution >= 0.6 is 27.3 Å². The Labute approximate surface area is 178 Å². The zero-order valence-electron chi connectivity index (χ0n) is 15.9. The number of benzene rings is 1. The Morgan fingerprint density at radius 3 is 2.61 bits per heavy atom. The van der Waals surface area contributed by atoms with Crippen LogP contribution in [0.5, 0.6) is 0 Å². The standard InChI is InChI=1S/C20H25BrN4O2S/c1-2-15-5-3-4-6-18(15)23-19(26)13-24-7-9-25(10-8-24)20(27)22-12-17-11-16(21)14-28-17/h3-6,11,14H,2,7-10,12-13H2,1H3,(H,22,27)(H,23,26). The largest absolute Gasteiger partial charge is 0.333 e. The van der Waals surface area contributed by atoms with Crippen molar-refractivity contribution in [1.29, 1.82) is 0 Å². The number of nitrogens with zero attached hydrogens (tertiary/aromatic N) is 2. The highest BCUT2D eigenvalue weighted by molar-refractivity contribution is 9.10. The van der Waals surface area contributed by atoms with Gasteiger partial charge in [0.2, 0.25) is 5.91 Å². The third-order valence-corrected chi connectivity index (χ3v) is 6.43. The summed E-state index contributed by atoms with van der Waals surface area (Å²) in [5.74, 6) is -0.0120. The lowest BCUT2D eigenvalue weighted by Crippen LogP contribution is -2.52. The van der Waals surface area contributed by atoms with Crippen molar-refractivity contribution in [3.8, 4) is 0 Å². The molecule has 1 aromatic heterocycles. The highest BCUT2D eigenvalue weighted by Crippen LogP contribution is 2.19. The van der Waals surface area contributed by atoms with Gasteiger partial charge in [-0.1, -0.05) is 25.1 Å². The molecule has 0 spiro atoms. The normalized spacial score (nSPS) is 14.7. The Bertz CT molecular complexity index is 818. The van der Waals surface area contributed by atoms with Crippen LogP contribution in [-0.2, 0) is 17.8 Å². The number of rotatable bonds is 6. The number of nitrogens with one attached hydrogen (secondary N) is 2. The summed E-state index contributed by atoms with van der Waals surface area (Å²) in [5.41, 5.74) is 2.02. The molecule has 150 valence electrons. The maximum atomic E-state index is 12.4. The number of thiophene rings is 1. The molecule has 1 aromatic carbocycles. The first-order valence-electron chi connectivity index (χ1n) is 9.41. The molecule has 0 bridgehead atoms. The third kappa shape index (κ3) is 5.80. The van der Waals surface area contributed by atoms with E-state index in [0.29, 0.717) is 39.3 Å². The van der Waals surface area contributed by atoms with Crippen molar-refractivity contribution in [2.45, 2.75) is 19.9 Å². The zero-order valence-corrected chi connectivity index (χ0v) is 18.3. The van der Waals surface area contributed by atoms with Gasteiger partial charge < -0.3 is 15.5 Å². The summed E-state index contributed by atoms with van der Waals surface area (Å²) in [6.07, 6.45) is 0.882. The van der Waals surface area contributed by atoms with Crippen LogP contribution in [0.2, 0.25) is 0 Å². The van der Waals surface area contributed by atoms with Gasteiger partial charge in [0.1, 0.15) is 0 Å². The lowest BCUT2D eigenvalue weighted by Gasteiger charge is -2.34. The van der Waals surface area contributed by atoms with Crippen molar-refractivity contribution in [2.24, 2.45) is 0 Å². The molecule has 0 radical (unpaired) electrons. The van der Waals surface area contributed by atoms with E-state index in [2.05, 4.69) is 38.4 Å². The van der Waals surface area contributed by atoms with Gasteiger partial charge in [-0.2, -0.15) is 0 Å². The van der Waals surface area contributed by atoms with Crippen LogP contribution in [0.15, 0.2) is 40.2 Å². The second-order valence-electron chi connectivity index (χ2n) is 6.71. The van der Waals surface area contributed by atoms with E-state index in [4.69, 9.17) is 0 Å². The van der Waals surface area contributed by atoms with Gasteiger partial charge in [0.25, 0.3) is 0 Å². The van der Waals surface area contributed by atoms with E-state index in [0.717, 1.165) is 27.0 Å². The minimum Gasteiger partial charge on any atom is -0.333 e. The van der Waals surface area contributed by atoms with Gasteiger partial charge >= 0.3 is 6.03 Å². The van der Waals surface area contributed by atoms with Crippen molar-refractivity contribution < 1.29 is 9.59 Å². The lowest BCUT2D eigenvalue weighted by atomic mass is 10.1. The first kappa shape index (κ1) is 20.8. The van der Waals surface area contributed by atoms with Crippen molar-refractivity contribution >= 4 is 44.9 Å². The number of hydrogen-bond donors (Lipinski definition) is 2. The quantitative estimate of drug-likeness (QED) is 0.686. The van der Waals surface area contributed by atoms with Gasteiger partial charge in [0.15, 0.2) is 0 Å². The van der Waals surface area contributed by atoms with Gasteiger partial charge in [-0.05, 0) is 40.0 Å². The minimum atomic E-state index is -0.0505. The first-order chi connectivity index (χ1) is 13.5. The van der Waals surface area contributed by atoms with Gasteiger partial charge in [0, 0.05) is 46.6 Å². The van der Waals surface area contributed by atoms with E-state index in [1.807, 2.05) is 40.6 Å². The maximum Gasteiger partial charge on any atom is 0.317 e. The first-order valence-corrected chi connectivity index (χ1v) is 11.1. The second kappa shape index (κ2) is 10.0. The van der Waals surface area contributed by atoms with Crippen molar-refractivity contribution in [3.05, 3.63) is 50.6 Å². The van der Waals surface area contributed by atoms with Gasteiger partial charge in [-0.3, -0.25) is 9.69 Å². The summed E-state index contributed by atoms with van der Waals surface area (Å²) >= 11 is 5.04. The molecular formula is C20H25BrN4O2S. The van der Waals surface area contributed by atoms with Gasteiger partial charge in [-0.25, -0.2) is 4.79 Å². The van der Waals surface area contributed by atoms with Crippen molar-refractivity contribution in [3.63, 3.8) is 0 Å². The van der Waals surface area contributed by atoms with Crippen LogP contribution < -0.4 is 10.6 Å². The molecule has 0 unspecified atom stereocenters. The van der Waals surface area contributed by atoms with E-state index in [1.54, 1.807) is 11.3 Å². The number of amides is 3. The van der Waals surface area contributed by atoms with Crippen LogP contribution in [-0.4, -0.2) is 54.5 Å². The summed E-state index contributed by atoms with van der Waals surface area (Å²) in [7, 11) is 0. The third-order valence-electron chi connectivity index (χ3n) is 4.73. The van der Waals surface area contributed by atoms with Crippen LogP contribution in [0.4, 0.5) is 10.5 Å². The molecule has 1 aliphatic rings. The average molecular weight is 465 g/mol. The van der Waals surface area contributed by atoms with Crippen LogP contribution in [0, 0.1) is 0 Å². The predicted octanol–water partition coefficient (Wildman–Crippen LogP) is 3.54. The molecule has 28 heavy (non-hydrogen) atoms. The number of para-hydroxylation sites is 1. The number of anilines is 1. The van der Waals surface area contributed by atoms with E-state index in [-0.39, 0.29) is 11.9 Å². The number of aryl methyl sites for hydroxylation is 1. The molecule has 6 nitrogen and oxygen atoms in total. The topological polar surface area (TPSA) is 64.7 Å². The molecular weight excluding hydrogens is 440 g/mol. The summed E-state index contributed by atoms with van der Waals surface area (Å²) < 4.78 is 1.04.